The van der Waals surface area contributed by atoms with Crippen LogP contribution >= 0.6 is 0 Å². The lowest BCUT2D eigenvalue weighted by Gasteiger charge is -2.20. The van der Waals surface area contributed by atoms with Crippen LogP contribution in [0.25, 0.3) is 0 Å². The highest BCUT2D eigenvalue weighted by atomic mass is 19.1. The standard InChI is InChI=1S/C15H17FN2O/c1-18(10-12-6-4-5-9-17-12)11-15(19)13-7-2-3-8-14(13)16/h2-9,15,19H,10-11H2,1H3. The van der Waals surface area contributed by atoms with E-state index in [9.17, 15) is 9.50 Å². The van der Waals surface area contributed by atoms with E-state index in [1.165, 1.54) is 6.07 Å². The number of hydrogen-bond donors (Lipinski definition) is 1. The topological polar surface area (TPSA) is 36.4 Å². The van der Waals surface area contributed by atoms with Crippen molar-refractivity contribution in [3.8, 4) is 0 Å². The highest BCUT2D eigenvalue weighted by Crippen LogP contribution is 2.17. The number of halogens is 1. The van der Waals surface area contributed by atoms with Gasteiger partial charge >= 0.3 is 0 Å². The van der Waals surface area contributed by atoms with Gasteiger partial charge < -0.3 is 5.11 Å². The molecule has 1 aromatic heterocycles. The smallest absolute Gasteiger partial charge is 0.129 e. The Hall–Kier alpha value is -1.78. The number of pyridine rings is 1. The van der Waals surface area contributed by atoms with Gasteiger partial charge in [-0.3, -0.25) is 9.88 Å². The summed E-state index contributed by atoms with van der Waals surface area (Å²) in [5.41, 5.74) is 1.25. The van der Waals surface area contributed by atoms with E-state index in [0.29, 0.717) is 18.7 Å². The van der Waals surface area contributed by atoms with Crippen LogP contribution in [0.5, 0.6) is 0 Å². The molecule has 0 saturated heterocycles. The van der Waals surface area contributed by atoms with Gasteiger partial charge in [-0.05, 0) is 25.2 Å². The van der Waals surface area contributed by atoms with Gasteiger partial charge in [-0.25, -0.2) is 4.39 Å². The molecule has 100 valence electrons. The zero-order valence-electron chi connectivity index (χ0n) is 10.8. The number of aromatic nitrogens is 1. The second-order valence-corrected chi connectivity index (χ2v) is 4.56. The minimum Gasteiger partial charge on any atom is -0.387 e. The van der Waals surface area contributed by atoms with Gasteiger partial charge in [-0.2, -0.15) is 0 Å². The number of likely N-dealkylation sites (N-methyl/N-ethyl adjacent to an activating group) is 1. The van der Waals surface area contributed by atoms with Crippen LogP contribution in [0.1, 0.15) is 17.4 Å². The maximum absolute atomic E-state index is 13.5. The van der Waals surface area contributed by atoms with Gasteiger partial charge in [0.15, 0.2) is 0 Å². The fourth-order valence-corrected chi connectivity index (χ4v) is 1.97. The maximum atomic E-state index is 13.5. The van der Waals surface area contributed by atoms with Crippen LogP contribution in [0.3, 0.4) is 0 Å². The Morgan fingerprint density at radius 2 is 1.95 bits per heavy atom. The van der Waals surface area contributed by atoms with E-state index >= 15 is 0 Å². The van der Waals surface area contributed by atoms with Crippen LogP contribution in [-0.4, -0.2) is 28.6 Å². The number of hydrogen-bond acceptors (Lipinski definition) is 3. The Balaban J connectivity index is 1.96. The van der Waals surface area contributed by atoms with Crippen molar-refractivity contribution in [2.45, 2.75) is 12.6 Å². The molecule has 1 atom stereocenters. The SMILES string of the molecule is CN(Cc1ccccn1)CC(O)c1ccccc1F. The second kappa shape index (κ2) is 6.41. The minimum absolute atomic E-state index is 0.329. The number of aliphatic hydroxyl groups excluding tert-OH is 1. The van der Waals surface area contributed by atoms with Gasteiger partial charge in [0.2, 0.25) is 0 Å². The lowest BCUT2D eigenvalue weighted by atomic mass is 10.1. The molecule has 1 unspecified atom stereocenters. The summed E-state index contributed by atoms with van der Waals surface area (Å²) in [6.45, 7) is 0.976. The predicted molar refractivity (Wildman–Crippen MR) is 71.9 cm³/mol. The predicted octanol–water partition coefficient (Wildman–Crippen LogP) is 2.39. The molecule has 19 heavy (non-hydrogen) atoms. The van der Waals surface area contributed by atoms with Crippen LogP contribution in [0, 0.1) is 5.82 Å². The minimum atomic E-state index is -0.838. The van der Waals surface area contributed by atoms with Crippen molar-refractivity contribution in [3.63, 3.8) is 0 Å². The molecule has 3 nitrogen and oxygen atoms in total. The zero-order valence-corrected chi connectivity index (χ0v) is 10.8. The maximum Gasteiger partial charge on any atom is 0.129 e. The van der Waals surface area contributed by atoms with E-state index in [4.69, 9.17) is 0 Å². The van der Waals surface area contributed by atoms with Crippen molar-refractivity contribution in [2.24, 2.45) is 0 Å². The van der Waals surface area contributed by atoms with Gasteiger partial charge in [0.05, 0.1) is 11.8 Å². The summed E-state index contributed by atoms with van der Waals surface area (Å²) in [7, 11) is 1.87. The third kappa shape index (κ3) is 3.84. The van der Waals surface area contributed by atoms with Crippen LogP contribution < -0.4 is 0 Å². The molecular weight excluding hydrogens is 243 g/mol. The number of nitrogens with zero attached hydrogens (tertiary/aromatic N) is 2. The molecule has 1 heterocycles. The van der Waals surface area contributed by atoms with Crippen molar-refractivity contribution < 1.29 is 9.50 Å². The van der Waals surface area contributed by atoms with Crippen molar-refractivity contribution in [3.05, 3.63) is 65.7 Å². The van der Waals surface area contributed by atoms with Crippen molar-refractivity contribution in [1.82, 2.24) is 9.88 Å². The summed E-state index contributed by atoms with van der Waals surface area (Å²) in [5.74, 6) is -0.374. The summed E-state index contributed by atoms with van der Waals surface area (Å²) >= 11 is 0. The average Bonchev–Trinajstić information content (AvgIpc) is 2.40. The molecule has 0 spiro atoms. The number of aliphatic hydroxyl groups is 1. The molecule has 0 fully saturated rings. The zero-order chi connectivity index (χ0) is 13.7. The summed E-state index contributed by atoms with van der Waals surface area (Å²) in [6, 6.07) is 12.0. The van der Waals surface area contributed by atoms with E-state index in [1.807, 2.05) is 30.1 Å². The fourth-order valence-electron chi connectivity index (χ4n) is 1.97. The van der Waals surface area contributed by atoms with Gasteiger partial charge in [-0.15, -0.1) is 0 Å². The molecule has 2 aromatic rings. The van der Waals surface area contributed by atoms with Gasteiger partial charge in [0, 0.05) is 24.8 Å². The summed E-state index contributed by atoms with van der Waals surface area (Å²) in [6.07, 6.45) is 0.895. The van der Waals surface area contributed by atoms with Crippen LogP contribution in [0.4, 0.5) is 4.39 Å². The van der Waals surface area contributed by atoms with E-state index < -0.39 is 6.10 Å². The van der Waals surface area contributed by atoms with Crippen molar-refractivity contribution >= 4 is 0 Å². The molecule has 0 aliphatic heterocycles. The Labute approximate surface area is 112 Å². The Bertz CT molecular complexity index is 519. The molecular formula is C15H17FN2O. The average molecular weight is 260 g/mol. The Kier molecular flexibility index (Phi) is 4.60. The molecule has 1 N–H and O–H groups in total. The van der Waals surface area contributed by atoms with E-state index in [-0.39, 0.29) is 5.82 Å². The lowest BCUT2D eigenvalue weighted by Crippen LogP contribution is -2.25. The second-order valence-electron chi connectivity index (χ2n) is 4.56. The molecule has 0 amide bonds. The summed E-state index contributed by atoms with van der Waals surface area (Å²) in [5, 5.41) is 10.0. The molecule has 4 heteroatoms. The monoisotopic (exact) mass is 260 g/mol. The van der Waals surface area contributed by atoms with E-state index in [2.05, 4.69) is 4.98 Å². The third-order valence-corrected chi connectivity index (χ3v) is 2.91. The van der Waals surface area contributed by atoms with Crippen molar-refractivity contribution in [2.75, 3.05) is 13.6 Å². The molecule has 0 aliphatic carbocycles. The Morgan fingerprint density at radius 3 is 2.63 bits per heavy atom. The summed E-state index contributed by atoms with van der Waals surface area (Å²) in [4.78, 5) is 6.14. The Morgan fingerprint density at radius 1 is 1.21 bits per heavy atom. The third-order valence-electron chi connectivity index (χ3n) is 2.91. The lowest BCUT2D eigenvalue weighted by molar-refractivity contribution is 0.120. The molecule has 1 aromatic carbocycles. The van der Waals surface area contributed by atoms with Crippen LogP contribution in [0.2, 0.25) is 0 Å². The molecule has 0 bridgehead atoms. The highest BCUT2D eigenvalue weighted by molar-refractivity contribution is 5.20. The molecule has 0 saturated carbocycles. The van der Waals surface area contributed by atoms with Gasteiger partial charge in [-0.1, -0.05) is 24.3 Å². The molecule has 0 radical (unpaired) electrons. The van der Waals surface area contributed by atoms with Crippen LogP contribution in [-0.2, 0) is 6.54 Å². The summed E-state index contributed by atoms with van der Waals surface area (Å²) < 4.78 is 13.5. The molecule has 2 rings (SSSR count). The first-order chi connectivity index (χ1) is 9.16. The number of benzene rings is 1. The van der Waals surface area contributed by atoms with E-state index in [1.54, 1.807) is 24.4 Å². The largest absolute Gasteiger partial charge is 0.387 e. The van der Waals surface area contributed by atoms with Crippen LogP contribution in [0.15, 0.2) is 48.7 Å². The van der Waals surface area contributed by atoms with E-state index in [0.717, 1.165) is 5.69 Å². The van der Waals surface area contributed by atoms with Gasteiger partial charge in [0.1, 0.15) is 5.82 Å². The first-order valence-corrected chi connectivity index (χ1v) is 6.18. The highest BCUT2D eigenvalue weighted by Gasteiger charge is 2.14. The number of rotatable bonds is 5. The normalized spacial score (nSPS) is 12.6. The first-order valence-electron chi connectivity index (χ1n) is 6.18. The quantitative estimate of drug-likeness (QED) is 0.896. The van der Waals surface area contributed by atoms with Crippen molar-refractivity contribution in [1.29, 1.82) is 0 Å². The molecule has 0 aliphatic rings. The first kappa shape index (κ1) is 13.6. The fraction of sp³-hybridized carbons (Fsp3) is 0.267. The van der Waals surface area contributed by atoms with Gasteiger partial charge in [0.25, 0.3) is 0 Å².